The molecule has 0 fully saturated rings. The lowest BCUT2D eigenvalue weighted by molar-refractivity contribution is 0.443. The molecule has 2 aromatic heterocycles. The Hall–Kier alpha value is -1.61. The number of furan rings is 1. The van der Waals surface area contributed by atoms with Crippen LogP contribution in [0.5, 0.6) is 0 Å². The second-order valence-corrected chi connectivity index (χ2v) is 4.49. The van der Waals surface area contributed by atoms with Crippen molar-refractivity contribution in [3.8, 4) is 0 Å². The highest BCUT2D eigenvalue weighted by atomic mass is 16.3. The zero-order valence-electron chi connectivity index (χ0n) is 11.0. The van der Waals surface area contributed by atoms with Gasteiger partial charge in [-0.1, -0.05) is 13.0 Å². The highest BCUT2D eigenvalue weighted by Gasteiger charge is 2.14. The van der Waals surface area contributed by atoms with Crippen LogP contribution in [0, 0.1) is 6.92 Å². The number of hydrogen-bond acceptors (Lipinski definition) is 3. The van der Waals surface area contributed by atoms with Crippen molar-refractivity contribution in [2.24, 2.45) is 0 Å². The molecule has 18 heavy (non-hydrogen) atoms. The maximum absolute atomic E-state index is 5.43. The van der Waals surface area contributed by atoms with Gasteiger partial charge < -0.3 is 9.73 Å². The van der Waals surface area contributed by atoms with E-state index in [4.69, 9.17) is 4.42 Å². The van der Waals surface area contributed by atoms with Crippen LogP contribution in [0.2, 0.25) is 0 Å². The summed E-state index contributed by atoms with van der Waals surface area (Å²) in [4.78, 5) is 4.60. The largest absolute Gasteiger partial charge is 0.469 e. The minimum Gasteiger partial charge on any atom is -0.469 e. The fourth-order valence-electron chi connectivity index (χ4n) is 1.99. The lowest BCUT2D eigenvalue weighted by atomic mass is 10.1. The lowest BCUT2D eigenvalue weighted by Crippen LogP contribution is -2.25. The van der Waals surface area contributed by atoms with Crippen molar-refractivity contribution in [1.82, 2.24) is 10.3 Å². The fourth-order valence-corrected chi connectivity index (χ4v) is 1.99. The Balaban J connectivity index is 2.13. The molecule has 0 aromatic carbocycles. The van der Waals surface area contributed by atoms with Gasteiger partial charge in [-0.05, 0) is 44.2 Å². The maximum Gasteiger partial charge on any atom is 0.105 e. The molecule has 1 unspecified atom stereocenters. The van der Waals surface area contributed by atoms with E-state index in [9.17, 15) is 0 Å². The molecule has 2 heterocycles. The van der Waals surface area contributed by atoms with Gasteiger partial charge in [-0.2, -0.15) is 0 Å². The van der Waals surface area contributed by atoms with Crippen LogP contribution in [-0.4, -0.2) is 11.5 Å². The minimum atomic E-state index is 0.219. The molecule has 1 N–H and O–H groups in total. The van der Waals surface area contributed by atoms with Gasteiger partial charge in [-0.15, -0.1) is 0 Å². The molecule has 1 atom stereocenters. The average Bonchev–Trinajstić information content (AvgIpc) is 2.87. The molecule has 3 heteroatoms. The second-order valence-electron chi connectivity index (χ2n) is 4.49. The third-order valence-corrected chi connectivity index (χ3v) is 2.89. The molecular formula is C15H20N2O. The van der Waals surface area contributed by atoms with Crippen molar-refractivity contribution in [2.45, 2.75) is 32.7 Å². The highest BCUT2D eigenvalue weighted by Crippen LogP contribution is 2.17. The van der Waals surface area contributed by atoms with E-state index < -0.39 is 0 Å². The number of rotatable bonds is 6. The first kappa shape index (κ1) is 12.8. The Labute approximate surface area is 108 Å². The predicted molar refractivity (Wildman–Crippen MR) is 72.4 cm³/mol. The highest BCUT2D eigenvalue weighted by molar-refractivity contribution is 5.15. The monoisotopic (exact) mass is 244 g/mol. The Kier molecular flexibility index (Phi) is 4.53. The van der Waals surface area contributed by atoms with E-state index in [-0.39, 0.29) is 6.04 Å². The SMILES string of the molecule is CCCNC(Cc1ccco1)c1cccc(C)n1. The lowest BCUT2D eigenvalue weighted by Gasteiger charge is -2.17. The minimum absolute atomic E-state index is 0.219. The van der Waals surface area contributed by atoms with Gasteiger partial charge in [0, 0.05) is 12.1 Å². The molecule has 0 saturated carbocycles. The molecule has 0 aliphatic carbocycles. The number of hydrogen-bond donors (Lipinski definition) is 1. The molecule has 0 spiro atoms. The summed E-state index contributed by atoms with van der Waals surface area (Å²) in [7, 11) is 0. The van der Waals surface area contributed by atoms with Crippen LogP contribution in [-0.2, 0) is 6.42 Å². The molecule has 3 nitrogen and oxygen atoms in total. The molecule has 0 radical (unpaired) electrons. The first-order valence-corrected chi connectivity index (χ1v) is 6.49. The van der Waals surface area contributed by atoms with Gasteiger partial charge in [0.2, 0.25) is 0 Å². The summed E-state index contributed by atoms with van der Waals surface area (Å²) in [5, 5.41) is 3.53. The predicted octanol–water partition coefficient (Wildman–Crippen LogP) is 3.27. The number of nitrogens with one attached hydrogen (secondary N) is 1. The molecule has 0 aliphatic rings. The quantitative estimate of drug-likeness (QED) is 0.847. The average molecular weight is 244 g/mol. The Morgan fingerprint density at radius 1 is 1.28 bits per heavy atom. The topological polar surface area (TPSA) is 38.1 Å². The standard InChI is InChI=1S/C15H20N2O/c1-3-9-16-15(11-13-7-5-10-18-13)14-8-4-6-12(2)17-14/h4-8,10,15-16H,3,9,11H2,1-2H3. The molecule has 2 rings (SSSR count). The van der Waals surface area contributed by atoms with Crippen LogP contribution in [0.3, 0.4) is 0 Å². The zero-order chi connectivity index (χ0) is 12.8. The zero-order valence-corrected chi connectivity index (χ0v) is 11.0. The fraction of sp³-hybridized carbons (Fsp3) is 0.400. The summed E-state index contributed by atoms with van der Waals surface area (Å²) in [6.45, 7) is 5.18. The number of aromatic nitrogens is 1. The van der Waals surface area contributed by atoms with E-state index in [0.29, 0.717) is 0 Å². The van der Waals surface area contributed by atoms with Gasteiger partial charge in [0.15, 0.2) is 0 Å². The van der Waals surface area contributed by atoms with E-state index in [0.717, 1.165) is 36.5 Å². The Morgan fingerprint density at radius 2 is 2.17 bits per heavy atom. The summed E-state index contributed by atoms with van der Waals surface area (Å²) in [6.07, 6.45) is 3.67. The molecule has 0 bridgehead atoms. The van der Waals surface area contributed by atoms with E-state index in [2.05, 4.69) is 29.4 Å². The van der Waals surface area contributed by atoms with Crippen molar-refractivity contribution in [2.75, 3.05) is 6.54 Å². The van der Waals surface area contributed by atoms with Gasteiger partial charge in [-0.3, -0.25) is 4.98 Å². The van der Waals surface area contributed by atoms with Crippen LogP contribution < -0.4 is 5.32 Å². The van der Waals surface area contributed by atoms with Gasteiger partial charge in [0.05, 0.1) is 18.0 Å². The summed E-state index contributed by atoms with van der Waals surface area (Å²) in [6, 6.07) is 10.3. The van der Waals surface area contributed by atoms with Gasteiger partial charge in [-0.25, -0.2) is 0 Å². The third-order valence-electron chi connectivity index (χ3n) is 2.89. The van der Waals surface area contributed by atoms with Gasteiger partial charge in [0.1, 0.15) is 5.76 Å². The molecule has 0 aliphatic heterocycles. The Bertz CT molecular complexity index is 465. The first-order valence-electron chi connectivity index (χ1n) is 6.49. The number of pyridine rings is 1. The molecule has 0 amide bonds. The van der Waals surface area contributed by atoms with E-state index in [1.54, 1.807) is 6.26 Å². The number of nitrogens with zero attached hydrogens (tertiary/aromatic N) is 1. The van der Waals surface area contributed by atoms with E-state index in [1.165, 1.54) is 0 Å². The van der Waals surface area contributed by atoms with Crippen molar-refractivity contribution < 1.29 is 4.42 Å². The third kappa shape index (κ3) is 3.44. The summed E-state index contributed by atoms with van der Waals surface area (Å²) in [5.41, 5.74) is 2.13. The van der Waals surface area contributed by atoms with Crippen LogP contribution in [0.1, 0.15) is 36.5 Å². The second kappa shape index (κ2) is 6.36. The van der Waals surface area contributed by atoms with Crippen LogP contribution in [0.25, 0.3) is 0 Å². The normalized spacial score (nSPS) is 12.6. The summed E-state index contributed by atoms with van der Waals surface area (Å²) >= 11 is 0. The number of aryl methyl sites for hydroxylation is 1. The first-order chi connectivity index (χ1) is 8.79. The van der Waals surface area contributed by atoms with Gasteiger partial charge >= 0.3 is 0 Å². The van der Waals surface area contributed by atoms with Crippen LogP contribution >= 0.6 is 0 Å². The van der Waals surface area contributed by atoms with Crippen molar-refractivity contribution in [3.05, 3.63) is 53.7 Å². The Morgan fingerprint density at radius 3 is 2.83 bits per heavy atom. The summed E-state index contributed by atoms with van der Waals surface area (Å²) < 4.78 is 5.43. The van der Waals surface area contributed by atoms with Crippen LogP contribution in [0.4, 0.5) is 0 Å². The smallest absolute Gasteiger partial charge is 0.105 e. The molecule has 96 valence electrons. The van der Waals surface area contributed by atoms with Crippen molar-refractivity contribution in [3.63, 3.8) is 0 Å². The van der Waals surface area contributed by atoms with E-state index >= 15 is 0 Å². The van der Waals surface area contributed by atoms with Crippen molar-refractivity contribution >= 4 is 0 Å². The molecule has 0 saturated heterocycles. The maximum atomic E-state index is 5.43. The van der Waals surface area contributed by atoms with Gasteiger partial charge in [0.25, 0.3) is 0 Å². The molecular weight excluding hydrogens is 224 g/mol. The van der Waals surface area contributed by atoms with E-state index in [1.807, 2.05) is 25.1 Å². The molecule has 2 aromatic rings. The summed E-state index contributed by atoms with van der Waals surface area (Å²) in [5.74, 6) is 0.993. The van der Waals surface area contributed by atoms with Crippen LogP contribution in [0.15, 0.2) is 41.0 Å². The van der Waals surface area contributed by atoms with Crippen molar-refractivity contribution in [1.29, 1.82) is 0 Å².